The Morgan fingerprint density at radius 2 is 1.09 bits per heavy atom. The molecule has 4 heterocycles. The number of benzene rings is 2. The van der Waals surface area contributed by atoms with E-state index in [4.69, 9.17) is 17.7 Å². The van der Waals surface area contributed by atoms with Crippen molar-refractivity contribution in [1.29, 1.82) is 0 Å². The summed E-state index contributed by atoms with van der Waals surface area (Å²) in [5.74, 6) is 0. The fourth-order valence-corrected chi connectivity index (χ4v) is 3.55. The number of furan rings is 4. The maximum atomic E-state index is 5.79. The Morgan fingerprint density at radius 3 is 1.95 bits per heavy atom. The molecule has 0 unspecified atom stereocenters. The van der Waals surface area contributed by atoms with Gasteiger partial charge in [0.15, 0.2) is 0 Å². The maximum absolute atomic E-state index is 5.79. The van der Waals surface area contributed by atoms with E-state index in [9.17, 15) is 0 Å². The Bertz CT molecular complexity index is 1120. The molecule has 0 atom stereocenters. The molecule has 0 saturated heterocycles. The summed E-state index contributed by atoms with van der Waals surface area (Å²) in [5, 5.41) is 7.06. The summed E-state index contributed by atoms with van der Waals surface area (Å²) in [7, 11) is 0. The van der Waals surface area contributed by atoms with Crippen LogP contribution in [0.2, 0.25) is 0 Å². The zero-order valence-electron chi connectivity index (χ0n) is 11.3. The second-order valence-electron chi connectivity index (χ2n) is 5.44. The number of fused-ring (bicyclic) bond motifs is 11. The molecule has 4 aromatic heterocycles. The molecule has 0 radical (unpaired) electrons. The molecule has 0 aliphatic rings. The Balaban J connectivity index is 2.19. The highest BCUT2D eigenvalue weighted by atomic mass is 16.3. The van der Waals surface area contributed by atoms with Crippen LogP contribution >= 0.6 is 0 Å². The molecular formula is C18H8O4. The summed E-state index contributed by atoms with van der Waals surface area (Å²) in [5.41, 5.74) is 2.44. The van der Waals surface area contributed by atoms with Gasteiger partial charge >= 0.3 is 0 Å². The molecule has 6 rings (SSSR count). The van der Waals surface area contributed by atoms with Crippen LogP contribution in [0.15, 0.2) is 67.2 Å². The van der Waals surface area contributed by atoms with E-state index in [-0.39, 0.29) is 0 Å². The molecule has 0 saturated carbocycles. The third-order valence-electron chi connectivity index (χ3n) is 4.44. The highest BCUT2D eigenvalue weighted by Crippen LogP contribution is 2.44. The van der Waals surface area contributed by atoms with E-state index in [1.54, 1.807) is 31.3 Å². The summed E-state index contributed by atoms with van der Waals surface area (Å²) < 4.78 is 22.7. The zero-order valence-corrected chi connectivity index (χ0v) is 11.3. The van der Waals surface area contributed by atoms with Crippen molar-refractivity contribution in [2.24, 2.45) is 0 Å². The lowest BCUT2D eigenvalue weighted by Crippen LogP contribution is -1.80. The van der Waals surface area contributed by atoms with Gasteiger partial charge in [0.05, 0.1) is 36.7 Å². The molecule has 0 bridgehead atoms. The van der Waals surface area contributed by atoms with Crippen molar-refractivity contribution in [3.63, 3.8) is 0 Å². The minimum Gasteiger partial charge on any atom is -0.471 e. The molecule has 0 N–H and O–H groups in total. The summed E-state index contributed by atoms with van der Waals surface area (Å²) in [6, 6.07) is 5.86. The summed E-state index contributed by atoms with van der Waals surface area (Å²) in [6.07, 6.45) is 8.60. The van der Waals surface area contributed by atoms with Gasteiger partial charge in [0.2, 0.25) is 0 Å². The topological polar surface area (TPSA) is 52.6 Å². The van der Waals surface area contributed by atoms with Crippen LogP contribution in [0.4, 0.5) is 0 Å². The maximum Gasteiger partial charge on any atom is 0.146 e. The third-order valence-corrected chi connectivity index (χ3v) is 4.44. The second kappa shape index (κ2) is 3.36. The van der Waals surface area contributed by atoms with E-state index in [1.807, 2.05) is 18.2 Å². The van der Waals surface area contributed by atoms with Gasteiger partial charge < -0.3 is 17.7 Å². The van der Waals surface area contributed by atoms with Crippen LogP contribution < -0.4 is 0 Å². The molecular weight excluding hydrogens is 280 g/mol. The van der Waals surface area contributed by atoms with Crippen molar-refractivity contribution in [2.75, 3.05) is 0 Å². The first-order valence-electron chi connectivity index (χ1n) is 6.98. The van der Waals surface area contributed by atoms with Gasteiger partial charge in [-0.05, 0) is 18.2 Å². The van der Waals surface area contributed by atoms with Crippen molar-refractivity contribution in [3.8, 4) is 0 Å². The lowest BCUT2D eigenvalue weighted by Gasteiger charge is -2.04. The molecule has 0 aliphatic heterocycles. The average Bonchev–Trinajstić information content (AvgIpc) is 3.28. The van der Waals surface area contributed by atoms with Crippen molar-refractivity contribution in [1.82, 2.24) is 0 Å². The van der Waals surface area contributed by atoms with E-state index in [1.165, 1.54) is 0 Å². The van der Waals surface area contributed by atoms with Crippen LogP contribution in [-0.4, -0.2) is 0 Å². The Morgan fingerprint density at radius 1 is 0.500 bits per heavy atom. The molecule has 6 aromatic rings. The highest BCUT2D eigenvalue weighted by molar-refractivity contribution is 6.36. The first kappa shape index (κ1) is 10.6. The lowest BCUT2D eigenvalue weighted by molar-refractivity contribution is 0.572. The number of rotatable bonds is 0. The van der Waals surface area contributed by atoms with Crippen LogP contribution in [0.5, 0.6) is 0 Å². The van der Waals surface area contributed by atoms with E-state index in [2.05, 4.69) is 0 Å². The van der Waals surface area contributed by atoms with Crippen LogP contribution in [0.25, 0.3) is 54.5 Å². The smallest absolute Gasteiger partial charge is 0.146 e. The zero-order chi connectivity index (χ0) is 14.3. The Hall–Kier alpha value is -3.14. The first-order valence-corrected chi connectivity index (χ1v) is 6.98. The predicted octanol–water partition coefficient (Wildman–Crippen LogP) is 5.82. The van der Waals surface area contributed by atoms with E-state index in [0.29, 0.717) is 0 Å². The summed E-state index contributed by atoms with van der Waals surface area (Å²) >= 11 is 0. The van der Waals surface area contributed by atoms with Gasteiger partial charge in [0, 0.05) is 32.3 Å². The second-order valence-corrected chi connectivity index (χ2v) is 5.44. The van der Waals surface area contributed by atoms with Crippen molar-refractivity contribution in [3.05, 3.63) is 49.5 Å². The normalized spacial score (nSPS) is 12.5. The number of hydrogen-bond acceptors (Lipinski definition) is 4. The van der Waals surface area contributed by atoms with Crippen LogP contribution in [0.1, 0.15) is 0 Å². The SMILES string of the molecule is c1cc2c(o1)c1ccoc1c1c3cocc3c3ccoc3c21. The standard InChI is InChI=1S/C18H8O4/c1-4-21-17-9(1)12-7-19-8-13(12)15-14(17)10-2-5-20-16(10)11-3-6-22-18(11)15/h1-8H. The summed E-state index contributed by atoms with van der Waals surface area (Å²) in [4.78, 5) is 0. The van der Waals surface area contributed by atoms with Crippen molar-refractivity contribution in [2.45, 2.75) is 0 Å². The molecule has 0 fully saturated rings. The molecule has 2 aromatic carbocycles. The number of hydrogen-bond donors (Lipinski definition) is 0. The minimum atomic E-state index is 0.794. The molecule has 0 amide bonds. The molecule has 22 heavy (non-hydrogen) atoms. The van der Waals surface area contributed by atoms with Gasteiger partial charge in [-0.3, -0.25) is 0 Å². The van der Waals surface area contributed by atoms with Gasteiger partial charge in [0.25, 0.3) is 0 Å². The monoisotopic (exact) mass is 288 g/mol. The first-order chi connectivity index (χ1) is 10.9. The molecule has 4 heteroatoms. The molecule has 4 nitrogen and oxygen atoms in total. The van der Waals surface area contributed by atoms with E-state index in [0.717, 1.165) is 54.5 Å². The van der Waals surface area contributed by atoms with Gasteiger partial charge in [-0.2, -0.15) is 0 Å². The van der Waals surface area contributed by atoms with Gasteiger partial charge in [-0.15, -0.1) is 0 Å². The molecule has 104 valence electrons. The van der Waals surface area contributed by atoms with E-state index < -0.39 is 0 Å². The van der Waals surface area contributed by atoms with Gasteiger partial charge in [-0.25, -0.2) is 0 Å². The van der Waals surface area contributed by atoms with Gasteiger partial charge in [0.1, 0.15) is 16.7 Å². The fraction of sp³-hybridized carbons (Fsp3) is 0. The summed E-state index contributed by atoms with van der Waals surface area (Å²) in [6.45, 7) is 0. The van der Waals surface area contributed by atoms with Crippen LogP contribution in [-0.2, 0) is 0 Å². The quantitative estimate of drug-likeness (QED) is 0.353. The predicted molar refractivity (Wildman–Crippen MR) is 83.0 cm³/mol. The highest BCUT2D eigenvalue weighted by Gasteiger charge is 2.21. The van der Waals surface area contributed by atoms with Crippen molar-refractivity contribution < 1.29 is 17.7 Å². The minimum absolute atomic E-state index is 0.794. The molecule has 0 spiro atoms. The van der Waals surface area contributed by atoms with Crippen LogP contribution in [0.3, 0.4) is 0 Å². The Kier molecular flexibility index (Phi) is 1.61. The fourth-order valence-electron chi connectivity index (χ4n) is 3.55. The molecule has 0 aliphatic carbocycles. The lowest BCUT2D eigenvalue weighted by atomic mass is 9.97. The Labute approximate surface area is 122 Å². The van der Waals surface area contributed by atoms with Crippen LogP contribution in [0, 0.1) is 0 Å². The van der Waals surface area contributed by atoms with Crippen molar-refractivity contribution >= 4 is 54.5 Å². The van der Waals surface area contributed by atoms with Gasteiger partial charge in [-0.1, -0.05) is 0 Å². The largest absolute Gasteiger partial charge is 0.471 e. The average molecular weight is 288 g/mol. The third kappa shape index (κ3) is 1.01. The van der Waals surface area contributed by atoms with E-state index >= 15 is 0 Å².